The van der Waals surface area contributed by atoms with Crippen molar-refractivity contribution in [2.45, 2.75) is 144 Å². The van der Waals surface area contributed by atoms with Crippen LogP contribution in [0.3, 0.4) is 0 Å². The number of hydrogen-bond donors (Lipinski definition) is 0. The topological polar surface area (TPSA) is 255 Å². The number of pyridine rings is 3. The lowest BCUT2D eigenvalue weighted by molar-refractivity contribution is 0.148. The van der Waals surface area contributed by atoms with Crippen molar-refractivity contribution in [3.05, 3.63) is 284 Å². The Kier molecular flexibility index (Phi) is 28.4. The molecule has 0 spiro atoms. The second-order valence-corrected chi connectivity index (χ2v) is 35.4. The summed E-state index contributed by atoms with van der Waals surface area (Å²) in [6.45, 7) is 26.9. The molecule has 132 heavy (non-hydrogen) atoms. The van der Waals surface area contributed by atoms with Gasteiger partial charge in [-0.2, -0.15) is 0 Å². The van der Waals surface area contributed by atoms with Gasteiger partial charge >= 0.3 is 18.1 Å². The van der Waals surface area contributed by atoms with E-state index < -0.39 is 0 Å². The van der Waals surface area contributed by atoms with E-state index in [1.54, 1.807) is 120 Å². The molecule has 3 fully saturated rings. The summed E-state index contributed by atoms with van der Waals surface area (Å²) in [4.78, 5) is 105. The number of para-hydroxylation sites is 3. The molecule has 6 aliphatic heterocycles. The summed E-state index contributed by atoms with van der Waals surface area (Å²) in [7, 11) is 14.7. The Bertz CT molecular complexity index is 6080. The fraction of sp³-hybridized carbons (Fsp3) is 0.365. The SMILES string of the molecule is COc1ccc(N2C(=O)N(c3c(C)cccc3C)Cc3cnc(Cc4ccc(C5CCN(C)CC5)cc4OC(C)C)nc32)nc1.COc1ccc(N2C(=O)N(c3c(C)cccc3C)Cc3cnc(Cc4ccc(C5CCN(C)CC5)cc4OC)nc32)nc1.COc1ccc(N2C(=O)N(c3c(C)cccc3C)Cc3cnc(Cc4ccc(CN5CCN(C)CC5)cc4OC)nc32)nc1. The lowest BCUT2D eigenvalue weighted by Crippen LogP contribution is -2.46. The highest BCUT2D eigenvalue weighted by Gasteiger charge is 2.41. The predicted octanol–water partition coefficient (Wildman–Crippen LogP) is 18.3. The summed E-state index contributed by atoms with van der Waals surface area (Å²) >= 11 is 0. The molecule has 6 aromatic carbocycles. The molecule has 6 amide bonds. The van der Waals surface area contributed by atoms with E-state index >= 15 is 0 Å². The maximum Gasteiger partial charge on any atom is 0.336 e. The minimum atomic E-state index is -0.219. The summed E-state index contributed by atoms with van der Waals surface area (Å²) in [5.41, 5.74) is 18.2. The molecule has 0 N–H and O–H groups in total. The van der Waals surface area contributed by atoms with Crippen LogP contribution in [-0.4, -0.2) is 198 Å². The molecule has 0 unspecified atom stereocenters. The van der Waals surface area contributed by atoms with Crippen molar-refractivity contribution in [2.75, 3.05) is 138 Å². The van der Waals surface area contributed by atoms with Gasteiger partial charge in [0, 0.05) is 104 Å². The van der Waals surface area contributed by atoms with Crippen molar-refractivity contribution in [1.82, 2.24) is 64.5 Å². The lowest BCUT2D eigenvalue weighted by atomic mass is 9.88. The van der Waals surface area contributed by atoms with Crippen LogP contribution in [0.2, 0.25) is 0 Å². The number of aryl methyl sites for hydroxylation is 6. The van der Waals surface area contributed by atoms with E-state index in [1.165, 1.54) is 16.7 Å². The Hall–Kier alpha value is -13.5. The average molecular weight is 1780 g/mol. The van der Waals surface area contributed by atoms with Gasteiger partial charge in [0.15, 0.2) is 17.5 Å². The van der Waals surface area contributed by atoms with Gasteiger partial charge in [0.2, 0.25) is 0 Å². The molecular weight excluding hydrogens is 1660 g/mol. The number of urea groups is 3. The largest absolute Gasteiger partial charge is 0.496 e. The van der Waals surface area contributed by atoms with Gasteiger partial charge in [0.1, 0.15) is 69.4 Å². The van der Waals surface area contributed by atoms with Crippen molar-refractivity contribution in [2.24, 2.45) is 0 Å². The molecule has 0 bridgehead atoms. The van der Waals surface area contributed by atoms with Crippen LogP contribution in [-0.2, 0) is 45.4 Å². The number of fused-ring (bicyclic) bond motifs is 3. The van der Waals surface area contributed by atoms with E-state index in [-0.39, 0.29) is 24.2 Å². The minimum Gasteiger partial charge on any atom is -0.496 e. The van der Waals surface area contributed by atoms with Crippen molar-refractivity contribution < 1.29 is 42.8 Å². The molecule has 6 aromatic heterocycles. The Morgan fingerprint density at radius 1 is 0.356 bits per heavy atom. The second-order valence-electron chi connectivity index (χ2n) is 35.4. The van der Waals surface area contributed by atoms with E-state index in [2.05, 4.69) is 124 Å². The Balaban J connectivity index is 0.000000144. The number of piperazine rings is 1. The van der Waals surface area contributed by atoms with Gasteiger partial charge in [-0.25, -0.2) is 73.9 Å². The molecule has 684 valence electrons. The standard InChI is InChI=1S/C36H42N6O3.C34H39N7O3.C34H38N6O3/c1-23(2)45-31-18-27(26-14-16-40(5)17-15-26)10-11-28(31)19-32-37-20-29-22-41(34-24(3)8-7-9-25(34)4)36(43)42(35(29)39-32)33-13-12-30(44-6)21-38-33;1-23-7-6-8-24(2)32(23)40-22-27-19-35-30(37-33(27)41(34(40)42)31-12-11-28(43-4)20-36-31)18-26-10-9-25(17-29(26)44-5)21-39-15-13-38(3)14-16-39;1-22-7-6-8-23(2)32(22)39-21-27-19-35-30(37-33(27)40(34(39)41)31-12-11-28(42-4)20-36-31)18-26-10-9-25(17-29(26)43-5)24-13-15-38(3)16-14-24/h7-13,18,20-21,23,26H,14-17,19,22H2,1-6H3;6-12,17,19-20H,13-16,18,21-22H2,1-5H3;6-12,17,19-20,24H,13-16,18,21H2,1-5H3. The van der Waals surface area contributed by atoms with Gasteiger partial charge in [-0.1, -0.05) is 91.0 Å². The highest BCUT2D eigenvalue weighted by molar-refractivity contribution is 6.12. The summed E-state index contributed by atoms with van der Waals surface area (Å²) in [6.07, 6.45) is 16.4. The van der Waals surface area contributed by atoms with E-state index in [1.807, 2.05) is 115 Å². The number of amides is 6. The predicted molar refractivity (Wildman–Crippen MR) is 516 cm³/mol. The van der Waals surface area contributed by atoms with Crippen LogP contribution >= 0.6 is 0 Å². The maximum absolute atomic E-state index is 14.3. The maximum atomic E-state index is 14.3. The summed E-state index contributed by atoms with van der Waals surface area (Å²) < 4.78 is 34.0. The van der Waals surface area contributed by atoms with Crippen LogP contribution in [0.15, 0.2) is 183 Å². The number of methoxy groups -OCH3 is 5. The molecule has 0 aliphatic carbocycles. The van der Waals surface area contributed by atoms with Crippen LogP contribution in [0, 0.1) is 41.5 Å². The van der Waals surface area contributed by atoms with Crippen molar-refractivity contribution in [3.63, 3.8) is 0 Å². The lowest BCUT2D eigenvalue weighted by Gasteiger charge is -2.36. The third-order valence-corrected chi connectivity index (χ3v) is 25.8. The Labute approximate surface area is 774 Å². The highest BCUT2D eigenvalue weighted by atomic mass is 16.5. The molecule has 6 aliphatic rings. The fourth-order valence-electron chi connectivity index (χ4n) is 18.5. The van der Waals surface area contributed by atoms with E-state index in [9.17, 15) is 14.4 Å². The first-order valence-electron chi connectivity index (χ1n) is 45.4. The number of hydrogen-bond acceptors (Lipinski definition) is 22. The van der Waals surface area contributed by atoms with Crippen molar-refractivity contribution in [1.29, 1.82) is 0 Å². The minimum absolute atomic E-state index is 0.0334. The second kappa shape index (κ2) is 40.9. The summed E-state index contributed by atoms with van der Waals surface area (Å²) in [6, 6.07) is 47.7. The molecule has 28 heteroatoms. The number of piperidine rings is 2. The summed E-state index contributed by atoms with van der Waals surface area (Å²) in [5.74, 6) is 10.2. The number of rotatable bonds is 23. The zero-order valence-corrected chi connectivity index (χ0v) is 78.7. The van der Waals surface area contributed by atoms with E-state index in [4.69, 9.17) is 58.3 Å². The number of carbonyl (C=O) groups excluding carboxylic acids is 3. The third kappa shape index (κ3) is 20.3. The number of carbonyl (C=O) groups is 3. The Morgan fingerprint density at radius 3 is 1.01 bits per heavy atom. The van der Waals surface area contributed by atoms with Crippen LogP contribution in [0.25, 0.3) is 0 Å². The molecule has 28 nitrogen and oxygen atoms in total. The van der Waals surface area contributed by atoms with Gasteiger partial charge in [0.25, 0.3) is 0 Å². The highest BCUT2D eigenvalue weighted by Crippen LogP contribution is 2.44. The average Bonchev–Trinajstić information content (AvgIpc) is 0.756. The number of likely N-dealkylation sites (N-methyl/N-ethyl adjacent to an activating group) is 1. The zero-order valence-electron chi connectivity index (χ0n) is 78.7. The van der Waals surface area contributed by atoms with Crippen LogP contribution in [0.1, 0.15) is 152 Å². The first kappa shape index (κ1) is 91.8. The molecular formula is C104H119N19O9. The number of aromatic nitrogens is 9. The van der Waals surface area contributed by atoms with E-state index in [0.29, 0.717) is 120 Å². The number of nitrogens with zero attached hydrogens (tertiary/aromatic N) is 19. The molecule has 0 atom stereocenters. The zero-order chi connectivity index (χ0) is 92.5. The third-order valence-electron chi connectivity index (χ3n) is 25.8. The van der Waals surface area contributed by atoms with Crippen LogP contribution in [0.5, 0.6) is 34.5 Å². The van der Waals surface area contributed by atoms with Crippen molar-refractivity contribution >= 4 is 70.1 Å². The number of likely N-dealkylation sites (tertiary alicyclic amines) is 2. The Morgan fingerprint density at radius 2 is 0.682 bits per heavy atom. The molecule has 12 aromatic rings. The van der Waals surface area contributed by atoms with Crippen molar-refractivity contribution in [3.8, 4) is 34.5 Å². The van der Waals surface area contributed by atoms with Gasteiger partial charge in [-0.3, -0.25) is 19.6 Å². The quantitative estimate of drug-likeness (QED) is 0.0576. The number of anilines is 9. The number of benzene rings is 6. The normalized spacial score (nSPS) is 15.8. The molecule has 0 radical (unpaired) electrons. The van der Waals surface area contributed by atoms with Gasteiger partial charge in [-0.05, 0) is 245 Å². The van der Waals surface area contributed by atoms with Crippen LogP contribution < -0.4 is 57.8 Å². The first-order valence-corrected chi connectivity index (χ1v) is 45.4. The molecule has 0 saturated carbocycles. The van der Waals surface area contributed by atoms with Gasteiger partial charge in [-0.15, -0.1) is 0 Å². The fourth-order valence-corrected chi connectivity index (χ4v) is 18.5. The smallest absolute Gasteiger partial charge is 0.336 e. The molecule has 12 heterocycles. The number of ether oxygens (including phenoxy) is 6. The van der Waals surface area contributed by atoms with Crippen LogP contribution in [0.4, 0.5) is 66.4 Å². The summed E-state index contributed by atoms with van der Waals surface area (Å²) in [5, 5.41) is 0. The van der Waals surface area contributed by atoms with E-state index in [0.717, 1.165) is 186 Å². The molecule has 3 saturated heterocycles. The van der Waals surface area contributed by atoms with Gasteiger partial charge < -0.3 is 43.1 Å². The monoisotopic (exact) mass is 1780 g/mol. The van der Waals surface area contributed by atoms with Gasteiger partial charge in [0.05, 0.1) is 96.9 Å². The molecule has 18 rings (SSSR count). The first-order chi connectivity index (χ1) is 63.9.